The highest BCUT2D eigenvalue weighted by Gasteiger charge is 2.34. The summed E-state index contributed by atoms with van der Waals surface area (Å²) in [7, 11) is 2.14. The summed E-state index contributed by atoms with van der Waals surface area (Å²) >= 11 is 0. The van der Waals surface area contributed by atoms with Crippen molar-refractivity contribution in [2.45, 2.75) is 38.5 Å². The number of hydrogen-bond donors (Lipinski definition) is 0. The van der Waals surface area contributed by atoms with E-state index in [-0.39, 0.29) is 6.04 Å². The fourth-order valence-electron chi connectivity index (χ4n) is 2.95. The van der Waals surface area contributed by atoms with Crippen LogP contribution in [0.5, 0.6) is 0 Å². The molecule has 0 aromatic carbocycles. The van der Waals surface area contributed by atoms with E-state index >= 15 is 0 Å². The zero-order valence-corrected chi connectivity index (χ0v) is 11.4. The molecule has 17 heavy (non-hydrogen) atoms. The van der Waals surface area contributed by atoms with Crippen molar-refractivity contribution in [3.8, 4) is 0 Å². The molecule has 2 atom stereocenters. The lowest BCUT2D eigenvalue weighted by molar-refractivity contribution is 0.00406. The molecule has 0 aromatic rings. The summed E-state index contributed by atoms with van der Waals surface area (Å²) in [4.78, 5) is 6.95. The van der Waals surface area contributed by atoms with Gasteiger partial charge in [0.15, 0.2) is 0 Å². The molecular weight excluding hydrogens is 217 g/mol. The van der Waals surface area contributed by atoms with Crippen LogP contribution in [-0.4, -0.2) is 79.3 Å². The van der Waals surface area contributed by atoms with Crippen LogP contribution in [0, 0.1) is 0 Å². The van der Waals surface area contributed by atoms with Gasteiger partial charge in [-0.2, -0.15) is 0 Å². The number of halogens is 1. The van der Waals surface area contributed by atoms with Gasteiger partial charge in [-0.1, -0.05) is 0 Å². The molecule has 2 saturated heterocycles. The third-order valence-corrected chi connectivity index (χ3v) is 4.28. The van der Waals surface area contributed by atoms with Crippen molar-refractivity contribution in [2.24, 2.45) is 0 Å². The summed E-state index contributed by atoms with van der Waals surface area (Å²) in [6.07, 6.45) is 0.317. The first-order valence-corrected chi connectivity index (χ1v) is 6.88. The third kappa shape index (κ3) is 3.18. The van der Waals surface area contributed by atoms with E-state index in [1.54, 1.807) is 0 Å². The molecule has 2 aliphatic heterocycles. The molecule has 2 rings (SSSR count). The van der Waals surface area contributed by atoms with Gasteiger partial charge in [0.25, 0.3) is 0 Å². The molecule has 0 saturated carbocycles. The number of hydrogen-bond acceptors (Lipinski definition) is 3. The van der Waals surface area contributed by atoms with Gasteiger partial charge in [0.1, 0.15) is 6.17 Å². The summed E-state index contributed by atoms with van der Waals surface area (Å²) < 4.78 is 14.2. The molecule has 2 fully saturated rings. The molecule has 0 N–H and O–H groups in total. The van der Waals surface area contributed by atoms with Crippen LogP contribution in [0.4, 0.5) is 4.39 Å². The van der Waals surface area contributed by atoms with E-state index in [0.717, 1.165) is 39.1 Å². The normalized spacial score (nSPS) is 34.4. The van der Waals surface area contributed by atoms with Gasteiger partial charge in [-0.05, 0) is 27.3 Å². The summed E-state index contributed by atoms with van der Waals surface area (Å²) in [5.74, 6) is 0. The number of likely N-dealkylation sites (tertiary alicyclic amines) is 1. The van der Waals surface area contributed by atoms with Crippen LogP contribution in [0.2, 0.25) is 0 Å². The Hall–Kier alpha value is -0.190. The molecule has 4 heteroatoms. The summed E-state index contributed by atoms with van der Waals surface area (Å²) in [6, 6.07) is 0.639. The fraction of sp³-hybridized carbons (Fsp3) is 1.00. The third-order valence-electron chi connectivity index (χ3n) is 4.28. The number of piperidine rings is 1. The zero-order chi connectivity index (χ0) is 12.4. The molecule has 0 bridgehead atoms. The molecule has 0 aliphatic carbocycles. The minimum Gasteiger partial charge on any atom is -0.304 e. The van der Waals surface area contributed by atoms with Crippen LogP contribution in [0.15, 0.2) is 0 Å². The van der Waals surface area contributed by atoms with E-state index in [2.05, 4.69) is 35.6 Å². The number of likely N-dealkylation sites (N-methyl/N-ethyl adjacent to an activating group) is 1. The van der Waals surface area contributed by atoms with Crippen molar-refractivity contribution in [3.05, 3.63) is 0 Å². The van der Waals surface area contributed by atoms with Crippen molar-refractivity contribution in [2.75, 3.05) is 46.3 Å². The van der Waals surface area contributed by atoms with Gasteiger partial charge in [0.2, 0.25) is 0 Å². The van der Waals surface area contributed by atoms with E-state index in [4.69, 9.17) is 0 Å². The van der Waals surface area contributed by atoms with Crippen LogP contribution in [0.25, 0.3) is 0 Å². The summed E-state index contributed by atoms with van der Waals surface area (Å²) in [5, 5.41) is 0. The SMILES string of the molecule is CC(C)N1CCC(N2CCN(C)CC2)C(F)C1. The van der Waals surface area contributed by atoms with E-state index in [1.165, 1.54) is 0 Å². The Kier molecular flexibility index (Phi) is 4.39. The number of nitrogens with zero attached hydrogens (tertiary/aromatic N) is 3. The van der Waals surface area contributed by atoms with Crippen molar-refractivity contribution < 1.29 is 4.39 Å². The predicted octanol–water partition coefficient (Wildman–Crippen LogP) is 1.05. The maximum absolute atomic E-state index is 14.2. The first-order valence-electron chi connectivity index (χ1n) is 6.88. The van der Waals surface area contributed by atoms with Crippen LogP contribution in [0.1, 0.15) is 20.3 Å². The molecule has 0 aromatic heterocycles. The van der Waals surface area contributed by atoms with E-state index < -0.39 is 6.17 Å². The topological polar surface area (TPSA) is 9.72 Å². The van der Waals surface area contributed by atoms with E-state index in [0.29, 0.717) is 12.6 Å². The van der Waals surface area contributed by atoms with Gasteiger partial charge in [0.05, 0.1) is 0 Å². The first kappa shape index (κ1) is 13.2. The Morgan fingerprint density at radius 3 is 2.24 bits per heavy atom. The molecule has 100 valence electrons. The quantitative estimate of drug-likeness (QED) is 0.718. The molecular formula is C13H26FN3. The molecule has 0 amide bonds. The van der Waals surface area contributed by atoms with Gasteiger partial charge in [-0.15, -0.1) is 0 Å². The monoisotopic (exact) mass is 243 g/mol. The number of alkyl halides is 1. The lowest BCUT2D eigenvalue weighted by Gasteiger charge is -2.44. The molecule has 2 unspecified atom stereocenters. The second-order valence-corrected chi connectivity index (χ2v) is 5.80. The molecule has 3 nitrogen and oxygen atoms in total. The Bertz CT molecular complexity index is 239. The average molecular weight is 243 g/mol. The van der Waals surface area contributed by atoms with Crippen LogP contribution in [0.3, 0.4) is 0 Å². The predicted molar refractivity (Wildman–Crippen MR) is 69.1 cm³/mol. The Morgan fingerprint density at radius 2 is 1.71 bits per heavy atom. The van der Waals surface area contributed by atoms with E-state index in [1.807, 2.05) is 0 Å². The van der Waals surface area contributed by atoms with Gasteiger partial charge in [-0.3, -0.25) is 9.80 Å². The Balaban J connectivity index is 1.86. The summed E-state index contributed by atoms with van der Waals surface area (Å²) in [5.41, 5.74) is 0. The lowest BCUT2D eigenvalue weighted by Crippen LogP contribution is -2.57. The van der Waals surface area contributed by atoms with Crippen molar-refractivity contribution in [3.63, 3.8) is 0 Å². The van der Waals surface area contributed by atoms with Crippen molar-refractivity contribution in [1.29, 1.82) is 0 Å². The van der Waals surface area contributed by atoms with Gasteiger partial charge < -0.3 is 4.90 Å². The van der Waals surface area contributed by atoms with Crippen LogP contribution >= 0.6 is 0 Å². The second-order valence-electron chi connectivity index (χ2n) is 5.80. The Morgan fingerprint density at radius 1 is 1.06 bits per heavy atom. The minimum atomic E-state index is -0.672. The molecule has 0 radical (unpaired) electrons. The van der Waals surface area contributed by atoms with Gasteiger partial charge >= 0.3 is 0 Å². The molecule has 0 spiro atoms. The molecule has 2 aliphatic rings. The number of piperazine rings is 1. The van der Waals surface area contributed by atoms with Crippen molar-refractivity contribution >= 4 is 0 Å². The average Bonchev–Trinajstić information content (AvgIpc) is 2.30. The first-order chi connectivity index (χ1) is 8.08. The molecule has 2 heterocycles. The lowest BCUT2D eigenvalue weighted by atomic mass is 9.99. The van der Waals surface area contributed by atoms with Crippen molar-refractivity contribution in [1.82, 2.24) is 14.7 Å². The largest absolute Gasteiger partial charge is 0.304 e. The highest BCUT2D eigenvalue weighted by Crippen LogP contribution is 2.22. The summed E-state index contributed by atoms with van der Waals surface area (Å²) in [6.45, 7) is 10.2. The zero-order valence-electron chi connectivity index (χ0n) is 11.4. The maximum Gasteiger partial charge on any atom is 0.128 e. The number of rotatable bonds is 2. The standard InChI is InChI=1S/C13H26FN3/c1-11(2)17-5-4-13(12(14)10-17)16-8-6-15(3)7-9-16/h11-13H,4-10H2,1-3H3. The van der Waals surface area contributed by atoms with Gasteiger partial charge in [-0.25, -0.2) is 4.39 Å². The highest BCUT2D eigenvalue weighted by molar-refractivity contribution is 4.90. The van der Waals surface area contributed by atoms with Gasteiger partial charge in [0, 0.05) is 51.4 Å². The van der Waals surface area contributed by atoms with E-state index in [9.17, 15) is 4.39 Å². The maximum atomic E-state index is 14.2. The van der Waals surface area contributed by atoms with Crippen LogP contribution in [-0.2, 0) is 0 Å². The Labute approximate surface area is 105 Å². The van der Waals surface area contributed by atoms with Crippen LogP contribution < -0.4 is 0 Å². The minimum absolute atomic E-state index is 0.165. The second kappa shape index (κ2) is 5.63. The fourth-order valence-corrected chi connectivity index (χ4v) is 2.95. The smallest absolute Gasteiger partial charge is 0.128 e. The highest BCUT2D eigenvalue weighted by atomic mass is 19.1.